The molecule has 1 aromatic rings. The van der Waals surface area contributed by atoms with Crippen molar-refractivity contribution < 1.29 is 4.74 Å². The topological polar surface area (TPSA) is 35.2 Å². The summed E-state index contributed by atoms with van der Waals surface area (Å²) >= 11 is 1.75. The minimum absolute atomic E-state index is 0.0157. The van der Waals surface area contributed by atoms with Crippen molar-refractivity contribution in [2.45, 2.75) is 23.3 Å². The van der Waals surface area contributed by atoms with Gasteiger partial charge in [-0.15, -0.1) is 0 Å². The number of thioether (sulfide) groups is 1. The number of hydrogen-bond acceptors (Lipinski definition) is 3. The van der Waals surface area contributed by atoms with Crippen LogP contribution in [0.5, 0.6) is 5.75 Å². The highest BCUT2D eigenvalue weighted by atomic mass is 32.2. The average Bonchev–Trinajstić information content (AvgIpc) is 2.74. The van der Waals surface area contributed by atoms with E-state index in [9.17, 15) is 0 Å². The van der Waals surface area contributed by atoms with Gasteiger partial charge in [0.05, 0.1) is 4.90 Å². The molecule has 68 valence electrons. The van der Waals surface area contributed by atoms with Gasteiger partial charge in [0.15, 0.2) is 0 Å². The van der Waals surface area contributed by atoms with E-state index in [2.05, 4.69) is 12.1 Å². The van der Waals surface area contributed by atoms with Gasteiger partial charge in [-0.05, 0) is 30.5 Å². The normalized spacial score (nSPS) is 22.2. The third kappa shape index (κ3) is 1.15. The van der Waals surface area contributed by atoms with Crippen LogP contribution in [0.1, 0.15) is 18.4 Å². The van der Waals surface area contributed by atoms with Crippen molar-refractivity contribution in [3.63, 3.8) is 0 Å². The summed E-state index contributed by atoms with van der Waals surface area (Å²) in [5.74, 6) is 1.76. The molecule has 0 aromatic heterocycles. The molecular weight excluding hydrogens is 182 g/mol. The van der Waals surface area contributed by atoms with Crippen LogP contribution in [-0.2, 0) is 5.54 Å². The summed E-state index contributed by atoms with van der Waals surface area (Å²) in [5.41, 5.74) is 7.36. The first-order valence-corrected chi connectivity index (χ1v) is 5.46. The SMILES string of the molecule is NC1(c2ccc3c(c2)SCO3)CC1. The highest BCUT2D eigenvalue weighted by Crippen LogP contribution is 2.46. The maximum Gasteiger partial charge on any atom is 0.138 e. The molecular formula is C10H11NOS. The Morgan fingerprint density at radius 3 is 3.00 bits per heavy atom. The van der Waals surface area contributed by atoms with Gasteiger partial charge in [0, 0.05) is 5.54 Å². The first-order valence-electron chi connectivity index (χ1n) is 4.47. The number of nitrogens with two attached hydrogens (primary N) is 1. The van der Waals surface area contributed by atoms with Crippen molar-refractivity contribution in [2.75, 3.05) is 5.94 Å². The zero-order chi connectivity index (χ0) is 8.89. The third-order valence-electron chi connectivity index (χ3n) is 2.74. The van der Waals surface area contributed by atoms with Gasteiger partial charge in [0.2, 0.25) is 0 Å². The molecule has 2 aliphatic rings. The van der Waals surface area contributed by atoms with Crippen LogP contribution >= 0.6 is 11.8 Å². The largest absolute Gasteiger partial charge is 0.481 e. The van der Waals surface area contributed by atoms with Crippen LogP contribution in [0.2, 0.25) is 0 Å². The lowest BCUT2D eigenvalue weighted by Gasteiger charge is -2.09. The van der Waals surface area contributed by atoms with Crippen LogP contribution in [0.3, 0.4) is 0 Å². The van der Waals surface area contributed by atoms with Gasteiger partial charge in [-0.2, -0.15) is 0 Å². The van der Waals surface area contributed by atoms with E-state index in [1.54, 1.807) is 11.8 Å². The molecule has 1 aliphatic heterocycles. The molecule has 1 aromatic carbocycles. The number of ether oxygens (including phenoxy) is 1. The Morgan fingerprint density at radius 1 is 1.38 bits per heavy atom. The van der Waals surface area contributed by atoms with E-state index in [1.165, 1.54) is 10.5 Å². The summed E-state index contributed by atoms with van der Waals surface area (Å²) in [6.07, 6.45) is 2.24. The van der Waals surface area contributed by atoms with Crippen LogP contribution in [0.15, 0.2) is 23.1 Å². The molecule has 2 nitrogen and oxygen atoms in total. The van der Waals surface area contributed by atoms with Crippen LogP contribution in [-0.4, -0.2) is 5.94 Å². The number of benzene rings is 1. The van der Waals surface area contributed by atoms with Crippen molar-refractivity contribution in [3.8, 4) is 5.75 Å². The summed E-state index contributed by atoms with van der Waals surface area (Å²) in [7, 11) is 0. The average molecular weight is 193 g/mol. The molecule has 1 heterocycles. The minimum Gasteiger partial charge on any atom is -0.481 e. The van der Waals surface area contributed by atoms with Crippen LogP contribution in [0.4, 0.5) is 0 Å². The summed E-state index contributed by atoms with van der Waals surface area (Å²) in [6, 6.07) is 6.31. The van der Waals surface area contributed by atoms with Crippen LogP contribution in [0.25, 0.3) is 0 Å². The lowest BCUT2D eigenvalue weighted by molar-refractivity contribution is 0.397. The fourth-order valence-electron chi connectivity index (χ4n) is 1.63. The monoisotopic (exact) mass is 193 g/mol. The molecule has 1 saturated carbocycles. The summed E-state index contributed by atoms with van der Waals surface area (Å²) in [5, 5.41) is 0. The number of hydrogen-bond donors (Lipinski definition) is 1. The van der Waals surface area contributed by atoms with E-state index in [0.717, 1.165) is 24.5 Å². The van der Waals surface area contributed by atoms with Gasteiger partial charge >= 0.3 is 0 Å². The van der Waals surface area contributed by atoms with Crippen LogP contribution in [0, 0.1) is 0 Å². The quantitative estimate of drug-likeness (QED) is 0.741. The Labute approximate surface area is 81.5 Å². The van der Waals surface area contributed by atoms with Crippen molar-refractivity contribution in [1.82, 2.24) is 0 Å². The summed E-state index contributed by atoms with van der Waals surface area (Å²) in [4.78, 5) is 1.24. The minimum atomic E-state index is -0.0157. The Bertz CT molecular complexity index is 360. The highest BCUT2D eigenvalue weighted by Gasteiger charge is 2.40. The molecule has 0 saturated heterocycles. The van der Waals surface area contributed by atoms with Gasteiger partial charge in [0.1, 0.15) is 11.7 Å². The molecule has 3 heteroatoms. The van der Waals surface area contributed by atoms with E-state index in [1.807, 2.05) is 6.07 Å². The second-order valence-corrected chi connectivity index (χ2v) is 4.69. The first kappa shape index (κ1) is 7.71. The number of rotatable bonds is 1. The lowest BCUT2D eigenvalue weighted by atomic mass is 10.1. The lowest BCUT2D eigenvalue weighted by Crippen LogP contribution is -2.18. The molecule has 0 atom stereocenters. The molecule has 0 bridgehead atoms. The van der Waals surface area contributed by atoms with Gasteiger partial charge in [-0.25, -0.2) is 0 Å². The fourth-order valence-corrected chi connectivity index (χ4v) is 2.42. The molecule has 2 N–H and O–H groups in total. The standard InChI is InChI=1S/C10H11NOS/c11-10(3-4-10)7-1-2-8-9(5-7)13-6-12-8/h1-2,5H,3-4,6,11H2. The molecule has 0 unspecified atom stereocenters. The number of fused-ring (bicyclic) bond motifs is 1. The molecule has 1 aliphatic carbocycles. The smallest absolute Gasteiger partial charge is 0.138 e. The predicted molar refractivity (Wildman–Crippen MR) is 52.9 cm³/mol. The van der Waals surface area contributed by atoms with Gasteiger partial charge in [-0.3, -0.25) is 0 Å². The van der Waals surface area contributed by atoms with Crippen molar-refractivity contribution in [3.05, 3.63) is 23.8 Å². The van der Waals surface area contributed by atoms with E-state index in [4.69, 9.17) is 10.5 Å². The predicted octanol–water partition coefficient (Wildman–Crippen LogP) is 2.08. The van der Waals surface area contributed by atoms with E-state index in [-0.39, 0.29) is 5.54 Å². The Balaban J connectivity index is 2.05. The maximum absolute atomic E-state index is 6.11. The summed E-state index contributed by atoms with van der Waals surface area (Å²) < 4.78 is 5.41. The Morgan fingerprint density at radius 2 is 2.23 bits per heavy atom. The zero-order valence-electron chi connectivity index (χ0n) is 7.25. The fraction of sp³-hybridized carbons (Fsp3) is 0.400. The Kier molecular flexibility index (Phi) is 1.44. The van der Waals surface area contributed by atoms with Gasteiger partial charge in [0.25, 0.3) is 0 Å². The highest BCUT2D eigenvalue weighted by molar-refractivity contribution is 7.99. The van der Waals surface area contributed by atoms with E-state index < -0.39 is 0 Å². The molecule has 1 fully saturated rings. The maximum atomic E-state index is 6.11. The van der Waals surface area contributed by atoms with Crippen molar-refractivity contribution in [1.29, 1.82) is 0 Å². The second-order valence-electron chi connectivity index (χ2n) is 3.72. The van der Waals surface area contributed by atoms with Crippen molar-refractivity contribution in [2.24, 2.45) is 5.73 Å². The van der Waals surface area contributed by atoms with E-state index in [0.29, 0.717) is 0 Å². The third-order valence-corrected chi connectivity index (χ3v) is 3.60. The molecule has 3 rings (SSSR count). The Hall–Kier alpha value is -0.670. The summed E-state index contributed by atoms with van der Waals surface area (Å²) in [6.45, 7) is 0. The van der Waals surface area contributed by atoms with Crippen molar-refractivity contribution >= 4 is 11.8 Å². The molecule has 0 amide bonds. The molecule has 0 radical (unpaired) electrons. The second kappa shape index (κ2) is 2.42. The first-order chi connectivity index (χ1) is 6.28. The van der Waals surface area contributed by atoms with Crippen LogP contribution < -0.4 is 10.5 Å². The van der Waals surface area contributed by atoms with Gasteiger partial charge in [-0.1, -0.05) is 17.8 Å². The molecule has 13 heavy (non-hydrogen) atoms. The van der Waals surface area contributed by atoms with E-state index >= 15 is 0 Å². The zero-order valence-corrected chi connectivity index (χ0v) is 8.06. The van der Waals surface area contributed by atoms with Gasteiger partial charge < -0.3 is 10.5 Å². The molecule has 0 spiro atoms.